The first-order chi connectivity index (χ1) is 8.65. The summed E-state index contributed by atoms with van der Waals surface area (Å²) in [7, 11) is 0. The van der Waals surface area contributed by atoms with E-state index in [0.717, 1.165) is 19.4 Å². The number of halogens is 1. The Bertz CT molecular complexity index is 292. The fourth-order valence-electron chi connectivity index (χ4n) is 3.31. The molecule has 3 N–H and O–H groups in total. The highest BCUT2D eigenvalue weighted by Crippen LogP contribution is 2.48. The Morgan fingerprint density at radius 2 is 2.00 bits per heavy atom. The van der Waals surface area contributed by atoms with Gasteiger partial charge in [0.15, 0.2) is 0 Å². The lowest BCUT2D eigenvalue weighted by molar-refractivity contribution is -0.122. The maximum absolute atomic E-state index is 12.0. The van der Waals surface area contributed by atoms with Crippen LogP contribution in [0.15, 0.2) is 0 Å². The molecule has 3 nitrogen and oxygen atoms in total. The molecule has 2 fully saturated rings. The van der Waals surface area contributed by atoms with Crippen LogP contribution in [0.5, 0.6) is 0 Å². The van der Waals surface area contributed by atoms with Crippen molar-refractivity contribution in [2.24, 2.45) is 17.1 Å². The lowest BCUT2D eigenvalue weighted by Gasteiger charge is -2.28. The summed E-state index contributed by atoms with van der Waals surface area (Å²) in [5, 5.41) is 3.14. The predicted octanol–water partition coefficient (Wildman–Crippen LogP) is 3.01. The van der Waals surface area contributed by atoms with Gasteiger partial charge in [-0.2, -0.15) is 0 Å². The van der Waals surface area contributed by atoms with Crippen LogP contribution in [-0.4, -0.2) is 18.5 Å². The van der Waals surface area contributed by atoms with Crippen LogP contribution in [0.3, 0.4) is 0 Å². The second kappa shape index (κ2) is 7.49. The molecule has 2 rings (SSSR count). The van der Waals surface area contributed by atoms with E-state index in [1.165, 1.54) is 38.5 Å². The van der Waals surface area contributed by atoms with Crippen molar-refractivity contribution in [1.82, 2.24) is 5.32 Å². The van der Waals surface area contributed by atoms with Gasteiger partial charge in [-0.05, 0) is 43.4 Å². The van der Waals surface area contributed by atoms with Crippen molar-refractivity contribution in [3.8, 4) is 0 Å². The summed E-state index contributed by atoms with van der Waals surface area (Å²) in [5.41, 5.74) is 6.55. The number of amides is 1. The summed E-state index contributed by atoms with van der Waals surface area (Å²) in [5.74, 6) is 0.639. The Hall–Kier alpha value is -0.280. The molecule has 2 aliphatic carbocycles. The molecule has 2 atom stereocenters. The predicted molar refractivity (Wildman–Crippen MR) is 81.4 cm³/mol. The molecular weight excluding hydrogens is 260 g/mol. The number of hydrogen-bond donors (Lipinski definition) is 2. The highest BCUT2D eigenvalue weighted by Gasteiger charge is 2.41. The Kier molecular flexibility index (Phi) is 6.61. The molecule has 1 amide bonds. The fraction of sp³-hybridized carbons (Fsp3) is 0.933. The molecule has 0 bridgehead atoms. The highest BCUT2D eigenvalue weighted by molar-refractivity contribution is 5.85. The van der Waals surface area contributed by atoms with E-state index in [1.54, 1.807) is 0 Å². The molecule has 0 aromatic rings. The number of nitrogens with one attached hydrogen (secondary N) is 1. The van der Waals surface area contributed by atoms with Crippen molar-refractivity contribution in [1.29, 1.82) is 0 Å². The third-order valence-electron chi connectivity index (χ3n) is 4.81. The van der Waals surface area contributed by atoms with Gasteiger partial charge in [-0.3, -0.25) is 4.79 Å². The van der Waals surface area contributed by atoms with E-state index in [0.29, 0.717) is 17.8 Å². The zero-order valence-corrected chi connectivity index (χ0v) is 12.9. The summed E-state index contributed by atoms with van der Waals surface area (Å²) in [6, 6.07) is 0.245. The number of nitrogens with two attached hydrogens (primary N) is 1. The third kappa shape index (κ3) is 4.96. The molecule has 4 heteroatoms. The van der Waals surface area contributed by atoms with Gasteiger partial charge in [0.05, 0.1) is 0 Å². The minimum Gasteiger partial charge on any atom is -0.356 e. The van der Waals surface area contributed by atoms with E-state index in [4.69, 9.17) is 5.73 Å². The summed E-state index contributed by atoms with van der Waals surface area (Å²) >= 11 is 0. The average Bonchev–Trinajstić information content (AvgIpc) is 3.11. The van der Waals surface area contributed by atoms with Crippen molar-refractivity contribution in [3.05, 3.63) is 0 Å². The molecule has 0 heterocycles. The SMILES string of the molecule is CCCC1(CNC(=O)CC2CCCCC2N)CC1.Cl. The fourth-order valence-corrected chi connectivity index (χ4v) is 3.31. The second-order valence-electron chi connectivity index (χ2n) is 6.44. The van der Waals surface area contributed by atoms with Gasteiger partial charge in [0.1, 0.15) is 0 Å². The van der Waals surface area contributed by atoms with Crippen molar-refractivity contribution >= 4 is 18.3 Å². The van der Waals surface area contributed by atoms with Gasteiger partial charge in [0.2, 0.25) is 5.91 Å². The standard InChI is InChI=1S/C15H28N2O.ClH/c1-2-7-15(8-9-15)11-17-14(18)10-12-5-3-4-6-13(12)16;/h12-13H,2-11,16H2,1H3,(H,17,18);1H. The van der Waals surface area contributed by atoms with Gasteiger partial charge in [0, 0.05) is 19.0 Å². The normalized spacial score (nSPS) is 28.3. The summed E-state index contributed by atoms with van der Waals surface area (Å²) < 4.78 is 0. The van der Waals surface area contributed by atoms with Crippen LogP contribution in [-0.2, 0) is 4.79 Å². The lowest BCUT2D eigenvalue weighted by Crippen LogP contribution is -2.38. The third-order valence-corrected chi connectivity index (χ3v) is 4.81. The number of hydrogen-bond acceptors (Lipinski definition) is 2. The Balaban J connectivity index is 0.00000180. The summed E-state index contributed by atoms with van der Waals surface area (Å²) in [6.07, 6.45) is 10.4. The molecule has 0 aliphatic heterocycles. The molecule has 19 heavy (non-hydrogen) atoms. The maximum Gasteiger partial charge on any atom is 0.220 e. The molecule has 0 radical (unpaired) electrons. The van der Waals surface area contributed by atoms with Crippen LogP contribution in [0.2, 0.25) is 0 Å². The quantitative estimate of drug-likeness (QED) is 0.789. The second-order valence-corrected chi connectivity index (χ2v) is 6.44. The molecule has 0 spiro atoms. The Morgan fingerprint density at radius 3 is 2.58 bits per heavy atom. The van der Waals surface area contributed by atoms with Gasteiger partial charge in [0.25, 0.3) is 0 Å². The first-order valence-corrected chi connectivity index (χ1v) is 7.67. The largest absolute Gasteiger partial charge is 0.356 e. The van der Waals surface area contributed by atoms with Crippen LogP contribution in [0.4, 0.5) is 0 Å². The molecular formula is C15H29ClN2O. The van der Waals surface area contributed by atoms with E-state index in [9.17, 15) is 4.79 Å². The lowest BCUT2D eigenvalue weighted by atomic mass is 9.83. The van der Waals surface area contributed by atoms with Crippen molar-refractivity contribution in [2.45, 2.75) is 70.8 Å². The van der Waals surface area contributed by atoms with Gasteiger partial charge in [-0.1, -0.05) is 26.2 Å². The highest BCUT2D eigenvalue weighted by atomic mass is 35.5. The number of rotatable bonds is 6. The molecule has 112 valence electrons. The number of carbonyl (C=O) groups excluding carboxylic acids is 1. The van der Waals surface area contributed by atoms with Crippen molar-refractivity contribution in [3.63, 3.8) is 0 Å². The topological polar surface area (TPSA) is 55.1 Å². The van der Waals surface area contributed by atoms with Gasteiger partial charge >= 0.3 is 0 Å². The molecule has 2 saturated carbocycles. The Labute approximate surface area is 123 Å². The van der Waals surface area contributed by atoms with E-state index in [1.807, 2.05) is 0 Å². The molecule has 0 saturated heterocycles. The van der Waals surface area contributed by atoms with Crippen LogP contribution in [0.1, 0.15) is 64.7 Å². The summed E-state index contributed by atoms with van der Waals surface area (Å²) in [6.45, 7) is 3.12. The first-order valence-electron chi connectivity index (χ1n) is 7.67. The maximum atomic E-state index is 12.0. The minimum absolute atomic E-state index is 0. The minimum atomic E-state index is 0. The zero-order valence-electron chi connectivity index (χ0n) is 12.1. The Morgan fingerprint density at radius 1 is 1.32 bits per heavy atom. The van der Waals surface area contributed by atoms with Crippen molar-refractivity contribution < 1.29 is 4.79 Å². The van der Waals surface area contributed by atoms with Gasteiger partial charge in [-0.25, -0.2) is 0 Å². The van der Waals surface area contributed by atoms with E-state index in [2.05, 4.69) is 12.2 Å². The molecule has 2 unspecified atom stereocenters. The van der Waals surface area contributed by atoms with Gasteiger partial charge < -0.3 is 11.1 Å². The van der Waals surface area contributed by atoms with E-state index < -0.39 is 0 Å². The average molecular weight is 289 g/mol. The first kappa shape index (κ1) is 16.8. The van der Waals surface area contributed by atoms with E-state index in [-0.39, 0.29) is 24.4 Å². The van der Waals surface area contributed by atoms with Crippen molar-refractivity contribution in [2.75, 3.05) is 6.54 Å². The van der Waals surface area contributed by atoms with Gasteiger partial charge in [-0.15, -0.1) is 12.4 Å². The monoisotopic (exact) mass is 288 g/mol. The van der Waals surface area contributed by atoms with E-state index >= 15 is 0 Å². The van der Waals surface area contributed by atoms with Crippen LogP contribution < -0.4 is 11.1 Å². The van der Waals surface area contributed by atoms with Crippen LogP contribution >= 0.6 is 12.4 Å². The molecule has 0 aromatic heterocycles. The smallest absolute Gasteiger partial charge is 0.220 e. The molecule has 2 aliphatic rings. The van der Waals surface area contributed by atoms with Crippen LogP contribution in [0, 0.1) is 11.3 Å². The number of carbonyl (C=O) groups is 1. The molecule has 0 aromatic carbocycles. The zero-order chi connectivity index (χ0) is 13.0. The van der Waals surface area contributed by atoms with Crippen LogP contribution in [0.25, 0.3) is 0 Å². The summed E-state index contributed by atoms with van der Waals surface area (Å²) in [4.78, 5) is 12.0.